The van der Waals surface area contributed by atoms with Gasteiger partial charge in [0.05, 0.1) is 5.21 Å². The van der Waals surface area contributed by atoms with Crippen LogP contribution < -0.4 is 4.68 Å². The Bertz CT molecular complexity index is 247. The van der Waals surface area contributed by atoms with Crippen molar-refractivity contribution in [3.63, 3.8) is 0 Å². The molecule has 50 valence electrons. The number of nitrogens with zero attached hydrogens (tertiary/aromatic N) is 6. The van der Waals surface area contributed by atoms with Crippen molar-refractivity contribution in [3.05, 3.63) is 6.33 Å². The second kappa shape index (κ2) is 1.83. The van der Waals surface area contributed by atoms with Gasteiger partial charge in [0.15, 0.2) is 0 Å². The van der Waals surface area contributed by atoms with E-state index in [1.807, 2.05) is 0 Å². The highest BCUT2D eigenvalue weighted by Crippen LogP contribution is 1.73. The van der Waals surface area contributed by atoms with Gasteiger partial charge in [-0.3, -0.25) is 0 Å². The first-order valence-electron chi connectivity index (χ1n) is 2.48. The number of hydrogen-bond donors (Lipinski definition) is 2. The fourth-order valence-electron chi connectivity index (χ4n) is 0.532. The molecule has 0 aliphatic carbocycles. The van der Waals surface area contributed by atoms with E-state index >= 15 is 0 Å². The number of rotatable bonds is 1. The van der Waals surface area contributed by atoms with Crippen LogP contribution in [0.25, 0.3) is 5.95 Å². The zero-order valence-corrected chi connectivity index (χ0v) is 4.76. The average Bonchev–Trinajstić information content (AvgIpc) is 2.59. The van der Waals surface area contributed by atoms with Gasteiger partial charge in [0, 0.05) is 15.4 Å². The summed E-state index contributed by atoms with van der Waals surface area (Å²) in [7, 11) is 0. The van der Waals surface area contributed by atoms with Crippen molar-refractivity contribution in [1.29, 1.82) is 0 Å². The van der Waals surface area contributed by atoms with Crippen molar-refractivity contribution in [1.82, 2.24) is 36.1 Å². The van der Waals surface area contributed by atoms with Gasteiger partial charge in [0.25, 0.3) is 0 Å². The molecule has 2 N–H and O–H groups in total. The lowest BCUT2D eigenvalue weighted by atomic mass is 11.0. The Kier molecular flexibility index (Phi) is 0.907. The zero-order valence-electron chi connectivity index (χ0n) is 4.76. The molecule has 0 fully saturated rings. The minimum Gasteiger partial charge on any atom is -0.129 e. The van der Waals surface area contributed by atoms with Gasteiger partial charge in [-0.25, -0.2) is 0 Å². The van der Waals surface area contributed by atoms with Crippen LogP contribution in [0.4, 0.5) is 0 Å². The van der Waals surface area contributed by atoms with Crippen LogP contribution >= 0.6 is 0 Å². The Hall–Kier alpha value is -1.86. The van der Waals surface area contributed by atoms with Crippen LogP contribution in [0.1, 0.15) is 0 Å². The lowest BCUT2D eigenvalue weighted by molar-refractivity contribution is -0.667. The maximum Gasteiger partial charge on any atom is 0.420 e. The van der Waals surface area contributed by atoms with E-state index in [0.717, 1.165) is 0 Å². The summed E-state index contributed by atoms with van der Waals surface area (Å²) < 4.78 is 1.42. The van der Waals surface area contributed by atoms with E-state index in [1.54, 1.807) is 0 Å². The molecule has 2 heterocycles. The van der Waals surface area contributed by atoms with Crippen LogP contribution in [-0.4, -0.2) is 36.1 Å². The largest absolute Gasteiger partial charge is 0.420 e. The standard InChI is InChI=1S/C2H2N8/c1-3-6-9-10(1)2-4-7-8-5-2/h1H,(H,4,5,7,8)/p+1. The second-order valence-electron chi connectivity index (χ2n) is 1.51. The molecule has 0 aromatic carbocycles. The summed E-state index contributed by atoms with van der Waals surface area (Å²) in [5.41, 5.74) is 0. The molecule has 2 rings (SSSR count). The fraction of sp³-hybridized carbons (Fsp3) is 0. The van der Waals surface area contributed by atoms with Crippen molar-refractivity contribution in [2.24, 2.45) is 0 Å². The Morgan fingerprint density at radius 1 is 1.40 bits per heavy atom. The van der Waals surface area contributed by atoms with Crippen LogP contribution in [0, 0.1) is 0 Å². The molecule has 10 heavy (non-hydrogen) atoms. The van der Waals surface area contributed by atoms with E-state index < -0.39 is 0 Å². The molecule has 0 spiro atoms. The molecule has 0 saturated carbocycles. The van der Waals surface area contributed by atoms with E-state index in [2.05, 4.69) is 36.1 Å². The third kappa shape index (κ3) is 0.623. The number of hydrogen-bond acceptors (Lipinski definition) is 5. The Balaban J connectivity index is 2.48. The first-order chi connectivity index (χ1) is 4.97. The summed E-state index contributed by atoms with van der Waals surface area (Å²) in [6, 6.07) is 0. The lowest BCUT2D eigenvalue weighted by Gasteiger charge is -1.76. The highest BCUT2D eigenvalue weighted by molar-refractivity contribution is 4.78. The van der Waals surface area contributed by atoms with Crippen LogP contribution in [0.3, 0.4) is 0 Å². The highest BCUT2D eigenvalue weighted by Gasteiger charge is 2.07. The van der Waals surface area contributed by atoms with E-state index in [4.69, 9.17) is 0 Å². The van der Waals surface area contributed by atoms with E-state index in [-0.39, 0.29) is 0 Å². The molecule has 0 saturated heterocycles. The van der Waals surface area contributed by atoms with Gasteiger partial charge < -0.3 is 0 Å². The monoisotopic (exact) mass is 139 g/mol. The van der Waals surface area contributed by atoms with Crippen molar-refractivity contribution in [3.8, 4) is 5.95 Å². The number of nitrogens with one attached hydrogen (secondary N) is 2. The van der Waals surface area contributed by atoms with E-state index in [0.29, 0.717) is 5.95 Å². The normalized spacial score (nSPS) is 10.0. The summed E-state index contributed by atoms with van der Waals surface area (Å²) in [6.45, 7) is 0. The Morgan fingerprint density at radius 3 is 3.00 bits per heavy atom. The van der Waals surface area contributed by atoms with Gasteiger partial charge in [-0.15, -0.1) is 15.1 Å². The number of aromatic nitrogens is 8. The summed E-state index contributed by atoms with van der Waals surface area (Å²) in [5, 5.41) is 22.4. The van der Waals surface area contributed by atoms with Crippen LogP contribution in [0.5, 0.6) is 0 Å². The molecule has 2 aromatic rings. The molecular formula is C2H3N8+. The predicted molar refractivity (Wildman–Crippen MR) is 25.7 cm³/mol. The Morgan fingerprint density at radius 2 is 2.40 bits per heavy atom. The predicted octanol–water partition coefficient (Wildman–Crippen LogP) is -2.41. The van der Waals surface area contributed by atoms with E-state index in [1.165, 1.54) is 11.0 Å². The molecule has 0 unspecified atom stereocenters. The van der Waals surface area contributed by atoms with Crippen LogP contribution in [0.15, 0.2) is 6.33 Å². The van der Waals surface area contributed by atoms with Gasteiger partial charge in [-0.2, -0.15) is 0 Å². The van der Waals surface area contributed by atoms with Gasteiger partial charge in [0.2, 0.25) is 6.33 Å². The summed E-state index contributed by atoms with van der Waals surface area (Å²) in [4.78, 5) is 0. The van der Waals surface area contributed by atoms with Crippen LogP contribution in [0.2, 0.25) is 0 Å². The molecule has 0 aliphatic rings. The van der Waals surface area contributed by atoms with Gasteiger partial charge in [-0.1, -0.05) is 0 Å². The zero-order chi connectivity index (χ0) is 6.81. The molecule has 0 amide bonds. The minimum absolute atomic E-state index is 0.380. The van der Waals surface area contributed by atoms with Crippen molar-refractivity contribution in [2.75, 3.05) is 0 Å². The van der Waals surface area contributed by atoms with Gasteiger partial charge >= 0.3 is 5.95 Å². The number of tetrazole rings is 2. The first kappa shape index (κ1) is 4.97. The van der Waals surface area contributed by atoms with E-state index in [9.17, 15) is 0 Å². The Labute approximate surface area is 54.2 Å². The molecule has 8 nitrogen and oxygen atoms in total. The highest BCUT2D eigenvalue weighted by atomic mass is 15.6. The molecule has 8 heteroatoms. The SMILES string of the molecule is c1nn[nH][n+]1-c1nn[nH]n1. The van der Waals surface area contributed by atoms with Gasteiger partial charge in [0.1, 0.15) is 0 Å². The molecule has 0 bridgehead atoms. The second-order valence-corrected chi connectivity index (χ2v) is 1.51. The van der Waals surface area contributed by atoms with Crippen molar-refractivity contribution in [2.45, 2.75) is 0 Å². The summed E-state index contributed by atoms with van der Waals surface area (Å²) >= 11 is 0. The molecule has 0 atom stereocenters. The first-order valence-corrected chi connectivity index (χ1v) is 2.48. The average molecular weight is 139 g/mol. The summed E-state index contributed by atoms with van der Waals surface area (Å²) in [5.74, 6) is 0.380. The molecule has 2 aromatic heterocycles. The van der Waals surface area contributed by atoms with Crippen molar-refractivity contribution < 1.29 is 4.68 Å². The summed E-state index contributed by atoms with van der Waals surface area (Å²) in [6.07, 6.45) is 1.44. The molecular weight excluding hydrogens is 136 g/mol. The molecule has 0 aliphatic heterocycles. The lowest BCUT2D eigenvalue weighted by Crippen LogP contribution is -2.33. The minimum atomic E-state index is 0.380. The van der Waals surface area contributed by atoms with Crippen LogP contribution in [-0.2, 0) is 0 Å². The molecule has 0 radical (unpaired) electrons. The third-order valence-corrected chi connectivity index (χ3v) is 0.927. The van der Waals surface area contributed by atoms with Crippen molar-refractivity contribution >= 4 is 0 Å². The topological polar surface area (TPSA) is 99.9 Å². The smallest absolute Gasteiger partial charge is 0.129 e. The number of aromatic amines is 2. The maximum atomic E-state index is 3.66. The third-order valence-electron chi connectivity index (χ3n) is 0.927. The fourth-order valence-corrected chi connectivity index (χ4v) is 0.532. The maximum absolute atomic E-state index is 3.66. The quantitative estimate of drug-likeness (QED) is 0.429. The van der Waals surface area contributed by atoms with Gasteiger partial charge in [-0.05, 0) is 5.10 Å². The number of H-pyrrole nitrogens is 2.